The van der Waals surface area contributed by atoms with E-state index in [4.69, 9.17) is 0 Å². The van der Waals surface area contributed by atoms with Gasteiger partial charge in [-0.15, -0.1) is 0 Å². The Morgan fingerprint density at radius 3 is 2.27 bits per heavy atom. The van der Waals surface area contributed by atoms with Gasteiger partial charge in [0.1, 0.15) is 0 Å². The lowest BCUT2D eigenvalue weighted by atomic mass is 9.79. The van der Waals surface area contributed by atoms with Crippen LogP contribution < -0.4 is 9.60 Å². The average Bonchev–Trinajstić information content (AvgIpc) is 3.08. The number of hydrogen-bond acceptors (Lipinski definition) is 4. The van der Waals surface area contributed by atoms with E-state index in [9.17, 15) is 13.2 Å². The van der Waals surface area contributed by atoms with Gasteiger partial charge < -0.3 is 0 Å². The predicted octanol–water partition coefficient (Wildman–Crippen LogP) is 5.15. The first kappa shape index (κ1) is 23.4. The fraction of sp³-hybridized carbons (Fsp3) is 0.269. The van der Waals surface area contributed by atoms with Gasteiger partial charge in [-0.1, -0.05) is 85.8 Å². The number of fused-ring (bicyclic) bond motifs is 1. The Balaban J connectivity index is 1.54. The number of benzene rings is 3. The van der Waals surface area contributed by atoms with E-state index in [1.54, 1.807) is 22.8 Å². The molecule has 4 rings (SSSR count). The summed E-state index contributed by atoms with van der Waals surface area (Å²) in [5.74, 6) is 0. The highest BCUT2D eigenvalue weighted by molar-refractivity contribution is 7.89. The second kappa shape index (κ2) is 9.25. The molecule has 5 nitrogen and oxygen atoms in total. The van der Waals surface area contributed by atoms with Gasteiger partial charge in [-0.3, -0.25) is 9.36 Å². The minimum absolute atomic E-state index is 0.102. The minimum atomic E-state index is -3.72. The maximum absolute atomic E-state index is 13.1. The normalized spacial score (nSPS) is 13.3. The number of aromatic nitrogens is 1. The third-order valence-corrected chi connectivity index (χ3v) is 8.39. The second-order valence-corrected chi connectivity index (χ2v) is 11.8. The molecule has 33 heavy (non-hydrogen) atoms. The summed E-state index contributed by atoms with van der Waals surface area (Å²) < 4.78 is 31.4. The average molecular weight is 481 g/mol. The van der Waals surface area contributed by atoms with Gasteiger partial charge in [0.15, 0.2) is 0 Å². The Bertz CT molecular complexity index is 1410. The van der Waals surface area contributed by atoms with Gasteiger partial charge >= 0.3 is 4.87 Å². The van der Waals surface area contributed by atoms with Crippen LogP contribution >= 0.6 is 11.3 Å². The first-order valence-corrected chi connectivity index (χ1v) is 13.2. The van der Waals surface area contributed by atoms with Gasteiger partial charge in [0.05, 0.1) is 21.7 Å². The molecule has 7 heteroatoms. The van der Waals surface area contributed by atoms with Crippen molar-refractivity contribution in [1.29, 1.82) is 0 Å². The van der Waals surface area contributed by atoms with Crippen LogP contribution in [-0.4, -0.2) is 19.0 Å². The van der Waals surface area contributed by atoms with Gasteiger partial charge in [-0.05, 0) is 48.1 Å². The zero-order valence-corrected chi connectivity index (χ0v) is 20.6. The Kier molecular flexibility index (Phi) is 6.56. The van der Waals surface area contributed by atoms with Crippen LogP contribution in [0.5, 0.6) is 0 Å². The van der Waals surface area contributed by atoms with Crippen molar-refractivity contribution in [2.24, 2.45) is 0 Å². The lowest BCUT2D eigenvalue weighted by molar-refractivity contribution is 0.418. The van der Waals surface area contributed by atoms with Crippen LogP contribution in [0.4, 0.5) is 0 Å². The third-order valence-electron chi connectivity index (χ3n) is 5.86. The van der Waals surface area contributed by atoms with E-state index in [2.05, 4.69) is 30.7 Å². The Hall–Kier alpha value is -2.74. The highest BCUT2D eigenvalue weighted by atomic mass is 32.2. The summed E-state index contributed by atoms with van der Waals surface area (Å²) in [4.78, 5) is 12.7. The van der Waals surface area contributed by atoms with Crippen molar-refractivity contribution in [1.82, 2.24) is 9.29 Å². The van der Waals surface area contributed by atoms with E-state index in [0.717, 1.165) is 22.4 Å². The summed E-state index contributed by atoms with van der Waals surface area (Å²) in [6.07, 6.45) is 0.652. The standard InChI is InChI=1S/C26H28N2O3S2/c1-19(17-26(2,3)21-12-8-5-9-13-21)27-33(30,31)22-14-15-23-24(16-22)32-25(29)28(23)18-20-10-6-4-7-11-20/h4-16,19,27H,17-18H2,1-3H3/t19-/m0/s1. The summed E-state index contributed by atoms with van der Waals surface area (Å²) in [6, 6.07) is 24.5. The van der Waals surface area contributed by atoms with Crippen molar-refractivity contribution >= 4 is 31.6 Å². The molecule has 1 atom stereocenters. The van der Waals surface area contributed by atoms with E-state index in [1.165, 1.54) is 5.56 Å². The van der Waals surface area contributed by atoms with Crippen LogP contribution in [-0.2, 0) is 22.0 Å². The monoisotopic (exact) mass is 480 g/mol. The van der Waals surface area contributed by atoms with Crippen LogP contribution in [0.1, 0.15) is 38.3 Å². The topological polar surface area (TPSA) is 68.2 Å². The lowest BCUT2D eigenvalue weighted by Crippen LogP contribution is -2.37. The molecule has 0 aliphatic carbocycles. The molecule has 172 valence electrons. The predicted molar refractivity (Wildman–Crippen MR) is 135 cm³/mol. The SMILES string of the molecule is C[C@@H](CC(C)(C)c1ccccc1)NS(=O)(=O)c1ccc2c(c1)sc(=O)n2Cc1ccccc1. The maximum Gasteiger partial charge on any atom is 0.308 e. The molecule has 0 fully saturated rings. The van der Waals surface area contributed by atoms with E-state index < -0.39 is 10.0 Å². The van der Waals surface area contributed by atoms with Crippen LogP contribution in [0.3, 0.4) is 0 Å². The van der Waals surface area contributed by atoms with Crippen LogP contribution in [0.2, 0.25) is 0 Å². The Morgan fingerprint density at radius 2 is 1.61 bits per heavy atom. The Morgan fingerprint density at radius 1 is 0.970 bits per heavy atom. The molecule has 1 aromatic heterocycles. The van der Waals surface area contributed by atoms with Gasteiger partial charge in [0.2, 0.25) is 10.0 Å². The van der Waals surface area contributed by atoms with Crippen molar-refractivity contribution in [3.8, 4) is 0 Å². The lowest BCUT2D eigenvalue weighted by Gasteiger charge is -2.29. The molecule has 0 radical (unpaired) electrons. The molecule has 0 unspecified atom stereocenters. The first-order chi connectivity index (χ1) is 15.7. The van der Waals surface area contributed by atoms with Crippen molar-refractivity contribution in [2.75, 3.05) is 0 Å². The van der Waals surface area contributed by atoms with E-state index in [1.807, 2.05) is 55.5 Å². The number of rotatable bonds is 8. The van der Waals surface area contributed by atoms with Crippen molar-refractivity contribution < 1.29 is 8.42 Å². The van der Waals surface area contributed by atoms with E-state index >= 15 is 0 Å². The first-order valence-electron chi connectivity index (χ1n) is 10.9. The molecule has 3 aromatic carbocycles. The zero-order chi connectivity index (χ0) is 23.6. The van der Waals surface area contributed by atoms with E-state index in [0.29, 0.717) is 17.7 Å². The molecule has 1 heterocycles. The summed E-state index contributed by atoms with van der Waals surface area (Å²) >= 11 is 1.07. The highest BCUT2D eigenvalue weighted by Gasteiger charge is 2.26. The molecule has 0 saturated carbocycles. The van der Waals surface area contributed by atoms with Gasteiger partial charge in [0.25, 0.3) is 0 Å². The van der Waals surface area contributed by atoms with E-state index in [-0.39, 0.29) is 21.2 Å². The van der Waals surface area contributed by atoms with Crippen molar-refractivity contribution in [3.05, 3.63) is 99.7 Å². The molecule has 0 amide bonds. The summed E-state index contributed by atoms with van der Waals surface area (Å²) in [5, 5.41) is 0. The number of sulfonamides is 1. The van der Waals surface area contributed by atoms with Crippen LogP contribution in [0.25, 0.3) is 10.2 Å². The smallest absolute Gasteiger partial charge is 0.294 e. The minimum Gasteiger partial charge on any atom is -0.294 e. The largest absolute Gasteiger partial charge is 0.308 e. The third kappa shape index (κ3) is 5.27. The molecular weight excluding hydrogens is 452 g/mol. The van der Waals surface area contributed by atoms with Crippen molar-refractivity contribution in [3.63, 3.8) is 0 Å². The summed E-state index contributed by atoms with van der Waals surface area (Å²) in [5.41, 5.74) is 2.75. The molecule has 0 aliphatic rings. The molecular formula is C26H28N2O3S2. The second-order valence-electron chi connectivity index (χ2n) is 9.05. The summed E-state index contributed by atoms with van der Waals surface area (Å²) in [7, 11) is -3.72. The van der Waals surface area contributed by atoms with Gasteiger partial charge in [-0.2, -0.15) is 0 Å². The fourth-order valence-electron chi connectivity index (χ4n) is 4.28. The number of thiazole rings is 1. The molecule has 0 bridgehead atoms. The highest BCUT2D eigenvalue weighted by Crippen LogP contribution is 2.29. The number of hydrogen-bond donors (Lipinski definition) is 1. The molecule has 1 N–H and O–H groups in total. The van der Waals surface area contributed by atoms with Gasteiger partial charge in [0, 0.05) is 6.04 Å². The molecule has 4 aromatic rings. The summed E-state index contributed by atoms with van der Waals surface area (Å²) in [6.45, 7) is 6.57. The zero-order valence-electron chi connectivity index (χ0n) is 19.0. The molecule has 0 aliphatic heterocycles. The van der Waals surface area contributed by atoms with Crippen LogP contribution in [0, 0.1) is 0 Å². The quantitative estimate of drug-likeness (QED) is 0.379. The van der Waals surface area contributed by atoms with Crippen LogP contribution in [0.15, 0.2) is 88.6 Å². The van der Waals surface area contributed by atoms with Crippen molar-refractivity contribution in [2.45, 2.75) is 50.1 Å². The Labute approximate surface area is 198 Å². The maximum atomic E-state index is 13.1. The number of nitrogens with one attached hydrogen (secondary N) is 1. The van der Waals surface area contributed by atoms with Gasteiger partial charge in [-0.25, -0.2) is 13.1 Å². The fourth-order valence-corrected chi connectivity index (χ4v) is 6.55. The molecule has 0 spiro atoms. The number of nitrogens with zero attached hydrogens (tertiary/aromatic N) is 1. The molecule has 0 saturated heterocycles.